The van der Waals surface area contributed by atoms with Gasteiger partial charge in [-0.05, 0) is 30.7 Å². The van der Waals surface area contributed by atoms with Crippen LogP contribution >= 0.6 is 22.7 Å². The molecule has 0 saturated carbocycles. The van der Waals surface area contributed by atoms with Gasteiger partial charge in [0.1, 0.15) is 5.01 Å². The van der Waals surface area contributed by atoms with E-state index in [9.17, 15) is 4.79 Å². The van der Waals surface area contributed by atoms with E-state index in [-0.39, 0.29) is 5.92 Å². The molecule has 2 aromatic rings. The van der Waals surface area contributed by atoms with Gasteiger partial charge in [0.25, 0.3) is 0 Å². The first-order chi connectivity index (χ1) is 8.24. The molecule has 5 heteroatoms. The molecule has 1 aliphatic rings. The lowest BCUT2D eigenvalue weighted by Crippen LogP contribution is -2.21. The maximum Gasteiger partial charge on any atom is 0.306 e. The Labute approximate surface area is 107 Å². The van der Waals surface area contributed by atoms with Crippen molar-refractivity contribution in [1.82, 2.24) is 4.98 Å². The van der Waals surface area contributed by atoms with E-state index in [4.69, 9.17) is 5.11 Å². The number of aliphatic carboxylic acids is 1. The molecule has 17 heavy (non-hydrogen) atoms. The van der Waals surface area contributed by atoms with Gasteiger partial charge in [0.15, 0.2) is 0 Å². The topological polar surface area (TPSA) is 50.2 Å². The molecule has 3 rings (SSSR count). The Bertz CT molecular complexity index is 545. The predicted molar refractivity (Wildman–Crippen MR) is 68.6 cm³/mol. The summed E-state index contributed by atoms with van der Waals surface area (Å²) < 4.78 is 0. The van der Waals surface area contributed by atoms with Crippen molar-refractivity contribution < 1.29 is 9.90 Å². The maximum atomic E-state index is 11.0. The molecule has 2 aromatic heterocycles. The lowest BCUT2D eigenvalue weighted by Gasteiger charge is -2.16. The molecule has 3 nitrogen and oxygen atoms in total. The smallest absolute Gasteiger partial charge is 0.306 e. The predicted octanol–water partition coefficient (Wildman–Crippen LogP) is 3.06. The molecule has 0 spiro atoms. The Morgan fingerprint density at radius 3 is 3.12 bits per heavy atom. The Balaban J connectivity index is 1.92. The van der Waals surface area contributed by atoms with Gasteiger partial charge < -0.3 is 5.11 Å². The zero-order valence-electron chi connectivity index (χ0n) is 9.05. The maximum absolute atomic E-state index is 11.0. The van der Waals surface area contributed by atoms with Gasteiger partial charge in [-0.2, -0.15) is 0 Å². The minimum absolute atomic E-state index is 0.223. The standard InChI is InChI=1S/C12H11NO2S2/c14-12(15)7-3-4-8-10(6-7)17-11(13-8)9-2-1-5-16-9/h1-2,5,7H,3-4,6H2,(H,14,15)/t7-/m0/s1. The van der Waals surface area contributed by atoms with Crippen LogP contribution in [0.15, 0.2) is 17.5 Å². The fourth-order valence-corrected chi connectivity index (χ4v) is 4.08. The van der Waals surface area contributed by atoms with Gasteiger partial charge in [0.2, 0.25) is 0 Å². The number of thiazole rings is 1. The van der Waals surface area contributed by atoms with Crippen molar-refractivity contribution >= 4 is 28.6 Å². The normalized spacial score (nSPS) is 18.9. The average Bonchev–Trinajstić information content (AvgIpc) is 2.96. The molecule has 1 N–H and O–H groups in total. The van der Waals surface area contributed by atoms with Crippen molar-refractivity contribution in [1.29, 1.82) is 0 Å². The van der Waals surface area contributed by atoms with E-state index < -0.39 is 5.97 Å². The van der Waals surface area contributed by atoms with Crippen molar-refractivity contribution in [3.8, 4) is 9.88 Å². The molecule has 0 aromatic carbocycles. The minimum Gasteiger partial charge on any atom is -0.481 e. The number of aryl methyl sites for hydroxylation is 1. The third kappa shape index (κ3) is 2.00. The minimum atomic E-state index is -0.679. The Kier molecular flexibility index (Phi) is 2.72. The summed E-state index contributed by atoms with van der Waals surface area (Å²) in [6.45, 7) is 0. The molecule has 0 unspecified atom stereocenters. The third-order valence-electron chi connectivity index (χ3n) is 3.02. The quantitative estimate of drug-likeness (QED) is 0.908. The van der Waals surface area contributed by atoms with Gasteiger partial charge in [-0.25, -0.2) is 4.98 Å². The average molecular weight is 265 g/mol. The molecular weight excluding hydrogens is 254 g/mol. The number of rotatable bonds is 2. The van der Waals surface area contributed by atoms with Crippen molar-refractivity contribution in [2.24, 2.45) is 5.92 Å². The van der Waals surface area contributed by atoms with Crippen molar-refractivity contribution in [3.63, 3.8) is 0 Å². The van der Waals surface area contributed by atoms with Gasteiger partial charge in [-0.15, -0.1) is 22.7 Å². The number of carbonyl (C=O) groups is 1. The molecule has 0 saturated heterocycles. The summed E-state index contributed by atoms with van der Waals surface area (Å²) in [6, 6.07) is 4.07. The van der Waals surface area contributed by atoms with Crippen LogP contribution in [0.3, 0.4) is 0 Å². The SMILES string of the molecule is O=C(O)[C@H]1CCc2nc(-c3cccs3)sc2C1. The van der Waals surface area contributed by atoms with Gasteiger partial charge in [-0.1, -0.05) is 6.07 Å². The summed E-state index contributed by atoms with van der Waals surface area (Å²) in [7, 11) is 0. The molecule has 1 atom stereocenters. The highest BCUT2D eigenvalue weighted by Crippen LogP contribution is 2.36. The van der Waals surface area contributed by atoms with Gasteiger partial charge in [-0.3, -0.25) is 4.79 Å². The highest BCUT2D eigenvalue weighted by Gasteiger charge is 2.27. The van der Waals surface area contributed by atoms with Crippen molar-refractivity contribution in [3.05, 3.63) is 28.1 Å². The van der Waals surface area contributed by atoms with E-state index in [1.807, 2.05) is 11.4 Å². The van der Waals surface area contributed by atoms with Crippen LogP contribution in [0.1, 0.15) is 17.0 Å². The fraction of sp³-hybridized carbons (Fsp3) is 0.333. The van der Waals surface area contributed by atoms with Gasteiger partial charge in [0, 0.05) is 4.88 Å². The second-order valence-electron chi connectivity index (χ2n) is 4.14. The second-order valence-corrected chi connectivity index (χ2v) is 6.18. The second kappa shape index (κ2) is 4.23. The number of thiophene rings is 1. The fourth-order valence-electron chi connectivity index (χ4n) is 2.09. The number of fused-ring (bicyclic) bond motifs is 1. The lowest BCUT2D eigenvalue weighted by molar-refractivity contribution is -0.142. The van der Waals surface area contributed by atoms with Crippen molar-refractivity contribution in [2.75, 3.05) is 0 Å². The van der Waals surface area contributed by atoms with E-state index in [0.29, 0.717) is 6.42 Å². The summed E-state index contributed by atoms with van der Waals surface area (Å²) in [4.78, 5) is 17.9. The molecule has 88 valence electrons. The van der Waals surface area contributed by atoms with Crippen LogP contribution < -0.4 is 0 Å². The Hall–Kier alpha value is -1.20. The van der Waals surface area contributed by atoms with Crippen LogP contribution in [-0.4, -0.2) is 16.1 Å². The molecule has 0 bridgehead atoms. The molecule has 2 heterocycles. The van der Waals surface area contributed by atoms with Gasteiger partial charge in [0.05, 0.1) is 16.5 Å². The molecule has 0 amide bonds. The van der Waals surface area contributed by atoms with E-state index in [1.54, 1.807) is 22.7 Å². The molecule has 0 radical (unpaired) electrons. The van der Waals surface area contributed by atoms with Crippen LogP contribution in [0.25, 0.3) is 9.88 Å². The monoisotopic (exact) mass is 265 g/mol. The number of hydrogen-bond acceptors (Lipinski definition) is 4. The summed E-state index contributed by atoms with van der Waals surface area (Å²) in [5.74, 6) is -0.902. The largest absolute Gasteiger partial charge is 0.481 e. The Morgan fingerprint density at radius 1 is 1.53 bits per heavy atom. The molecular formula is C12H11NO2S2. The van der Waals surface area contributed by atoms with E-state index >= 15 is 0 Å². The van der Waals surface area contributed by atoms with Crippen LogP contribution in [-0.2, 0) is 17.6 Å². The first-order valence-corrected chi connectivity index (χ1v) is 7.19. The molecule has 0 fully saturated rings. The first-order valence-electron chi connectivity index (χ1n) is 5.49. The van der Waals surface area contributed by atoms with Crippen LogP contribution in [0, 0.1) is 5.92 Å². The Morgan fingerprint density at radius 2 is 2.41 bits per heavy atom. The molecule has 1 aliphatic carbocycles. The third-order valence-corrected chi connectivity index (χ3v) is 5.18. The van der Waals surface area contributed by atoms with Crippen LogP contribution in [0.4, 0.5) is 0 Å². The highest BCUT2D eigenvalue weighted by atomic mass is 32.1. The van der Waals surface area contributed by atoms with Gasteiger partial charge >= 0.3 is 5.97 Å². The van der Waals surface area contributed by atoms with E-state index in [2.05, 4.69) is 11.1 Å². The first kappa shape index (κ1) is 10.9. The van der Waals surface area contributed by atoms with E-state index in [0.717, 1.165) is 28.4 Å². The zero-order chi connectivity index (χ0) is 11.8. The number of aromatic nitrogens is 1. The number of hydrogen-bond donors (Lipinski definition) is 1. The van der Waals surface area contributed by atoms with Crippen LogP contribution in [0.2, 0.25) is 0 Å². The van der Waals surface area contributed by atoms with Crippen molar-refractivity contribution in [2.45, 2.75) is 19.3 Å². The number of nitrogens with zero attached hydrogens (tertiary/aromatic N) is 1. The zero-order valence-corrected chi connectivity index (χ0v) is 10.7. The van der Waals surface area contributed by atoms with Crippen LogP contribution in [0.5, 0.6) is 0 Å². The number of carboxylic acids is 1. The summed E-state index contributed by atoms with van der Waals surface area (Å²) in [5, 5.41) is 12.1. The summed E-state index contributed by atoms with van der Waals surface area (Å²) in [6.07, 6.45) is 2.16. The number of carboxylic acid groups (broad SMARTS) is 1. The lowest BCUT2D eigenvalue weighted by atomic mass is 9.91. The highest BCUT2D eigenvalue weighted by molar-refractivity contribution is 7.21. The van der Waals surface area contributed by atoms with E-state index in [1.165, 1.54) is 4.88 Å². The summed E-state index contributed by atoms with van der Waals surface area (Å²) in [5.41, 5.74) is 1.11. The molecule has 0 aliphatic heterocycles. The summed E-state index contributed by atoms with van der Waals surface area (Å²) >= 11 is 3.33.